The standard InChI is InChI=1S/C12H10BrF2N3/c1-6-2-10(16)12(17-5-6)18-11-8(13)3-7(14)4-9(11)15/h2-5H,16H2,1H3,(H,17,18). The number of benzene rings is 1. The molecular formula is C12H10BrF2N3. The first-order chi connectivity index (χ1) is 8.47. The molecule has 94 valence electrons. The Balaban J connectivity index is 2.40. The van der Waals surface area contributed by atoms with Gasteiger partial charge in [-0.2, -0.15) is 0 Å². The van der Waals surface area contributed by atoms with Gasteiger partial charge in [0.05, 0.1) is 11.4 Å². The highest BCUT2D eigenvalue weighted by atomic mass is 79.9. The number of rotatable bonds is 2. The summed E-state index contributed by atoms with van der Waals surface area (Å²) in [5, 5.41) is 2.74. The summed E-state index contributed by atoms with van der Waals surface area (Å²) in [7, 11) is 0. The molecule has 0 unspecified atom stereocenters. The Kier molecular flexibility index (Phi) is 3.47. The third kappa shape index (κ3) is 2.59. The summed E-state index contributed by atoms with van der Waals surface area (Å²) < 4.78 is 26.8. The van der Waals surface area contributed by atoms with Crippen molar-refractivity contribution in [3.05, 3.63) is 46.1 Å². The second-order valence-electron chi connectivity index (χ2n) is 3.82. The van der Waals surface area contributed by atoms with Crippen molar-refractivity contribution >= 4 is 33.1 Å². The van der Waals surface area contributed by atoms with Crippen molar-refractivity contribution in [2.24, 2.45) is 0 Å². The van der Waals surface area contributed by atoms with Crippen LogP contribution in [0.15, 0.2) is 28.9 Å². The summed E-state index contributed by atoms with van der Waals surface area (Å²) in [6, 6.07) is 3.66. The maximum Gasteiger partial charge on any atom is 0.153 e. The van der Waals surface area contributed by atoms with E-state index in [2.05, 4.69) is 26.2 Å². The highest BCUT2D eigenvalue weighted by molar-refractivity contribution is 9.10. The lowest BCUT2D eigenvalue weighted by molar-refractivity contribution is 0.584. The van der Waals surface area contributed by atoms with Crippen LogP contribution in [0.3, 0.4) is 0 Å². The molecule has 18 heavy (non-hydrogen) atoms. The number of aromatic nitrogens is 1. The Labute approximate surface area is 111 Å². The van der Waals surface area contributed by atoms with Crippen molar-refractivity contribution < 1.29 is 8.78 Å². The maximum atomic E-state index is 13.6. The van der Waals surface area contributed by atoms with Crippen LogP contribution in [-0.4, -0.2) is 4.98 Å². The lowest BCUT2D eigenvalue weighted by atomic mass is 10.2. The minimum Gasteiger partial charge on any atom is -0.396 e. The predicted molar refractivity (Wildman–Crippen MR) is 70.7 cm³/mol. The SMILES string of the molecule is Cc1cnc(Nc2c(F)cc(F)cc2Br)c(N)c1. The van der Waals surface area contributed by atoms with Gasteiger partial charge in [-0.1, -0.05) is 0 Å². The molecule has 1 heterocycles. The van der Waals surface area contributed by atoms with Gasteiger partial charge in [-0.05, 0) is 40.5 Å². The first-order valence-electron chi connectivity index (χ1n) is 5.11. The van der Waals surface area contributed by atoms with Crippen LogP contribution in [-0.2, 0) is 0 Å². The zero-order chi connectivity index (χ0) is 13.3. The molecule has 0 spiro atoms. The molecule has 0 fully saturated rings. The monoisotopic (exact) mass is 313 g/mol. The van der Waals surface area contributed by atoms with Gasteiger partial charge >= 0.3 is 0 Å². The summed E-state index contributed by atoms with van der Waals surface area (Å²) >= 11 is 3.08. The number of nitrogens with one attached hydrogen (secondary N) is 1. The van der Waals surface area contributed by atoms with Crippen LogP contribution in [0.25, 0.3) is 0 Å². The van der Waals surface area contributed by atoms with E-state index in [9.17, 15) is 8.78 Å². The van der Waals surface area contributed by atoms with Gasteiger partial charge in [0.15, 0.2) is 11.6 Å². The maximum absolute atomic E-state index is 13.6. The van der Waals surface area contributed by atoms with Gasteiger partial charge in [-0.15, -0.1) is 0 Å². The number of nitrogen functional groups attached to an aromatic ring is 1. The lowest BCUT2D eigenvalue weighted by Crippen LogP contribution is -2.02. The highest BCUT2D eigenvalue weighted by Gasteiger charge is 2.11. The van der Waals surface area contributed by atoms with E-state index in [-0.39, 0.29) is 10.2 Å². The summed E-state index contributed by atoms with van der Waals surface area (Å²) in [6.45, 7) is 1.85. The third-order valence-electron chi connectivity index (χ3n) is 2.30. The van der Waals surface area contributed by atoms with E-state index in [0.29, 0.717) is 11.5 Å². The average molecular weight is 314 g/mol. The molecular weight excluding hydrogens is 304 g/mol. The van der Waals surface area contributed by atoms with Gasteiger partial charge < -0.3 is 11.1 Å². The largest absolute Gasteiger partial charge is 0.396 e. The van der Waals surface area contributed by atoms with Crippen LogP contribution < -0.4 is 11.1 Å². The third-order valence-corrected chi connectivity index (χ3v) is 2.93. The summed E-state index contributed by atoms with van der Waals surface area (Å²) in [6.07, 6.45) is 1.61. The van der Waals surface area contributed by atoms with Gasteiger partial charge in [0.2, 0.25) is 0 Å². The van der Waals surface area contributed by atoms with Crippen molar-refractivity contribution in [3.63, 3.8) is 0 Å². The predicted octanol–water partition coefficient (Wildman–Crippen LogP) is 3.76. The van der Waals surface area contributed by atoms with E-state index in [1.165, 1.54) is 0 Å². The topological polar surface area (TPSA) is 50.9 Å². The Morgan fingerprint density at radius 2 is 2.00 bits per heavy atom. The number of hydrogen-bond donors (Lipinski definition) is 2. The first kappa shape index (κ1) is 12.8. The van der Waals surface area contributed by atoms with Crippen LogP contribution >= 0.6 is 15.9 Å². The Bertz CT molecular complexity index is 579. The summed E-state index contributed by atoms with van der Waals surface area (Å²) in [5.41, 5.74) is 7.15. The van der Waals surface area contributed by atoms with E-state index in [1.54, 1.807) is 12.3 Å². The van der Waals surface area contributed by atoms with Crippen molar-refractivity contribution in [1.29, 1.82) is 0 Å². The van der Waals surface area contributed by atoms with Crippen molar-refractivity contribution in [3.8, 4) is 0 Å². The van der Waals surface area contributed by atoms with Crippen LogP contribution in [0.5, 0.6) is 0 Å². The normalized spacial score (nSPS) is 10.4. The molecule has 0 bridgehead atoms. The van der Waals surface area contributed by atoms with Crippen LogP contribution in [0.4, 0.5) is 26.0 Å². The van der Waals surface area contributed by atoms with Gasteiger partial charge in [-0.3, -0.25) is 0 Å². The molecule has 0 saturated carbocycles. The van der Waals surface area contributed by atoms with Gasteiger partial charge in [-0.25, -0.2) is 13.8 Å². The second kappa shape index (κ2) is 4.89. The fourth-order valence-corrected chi connectivity index (χ4v) is 1.98. The minimum atomic E-state index is -0.719. The zero-order valence-corrected chi connectivity index (χ0v) is 11.1. The molecule has 0 atom stereocenters. The van der Waals surface area contributed by atoms with Gasteiger partial charge in [0, 0.05) is 16.7 Å². The van der Waals surface area contributed by atoms with Gasteiger partial charge in [0.1, 0.15) is 5.82 Å². The van der Waals surface area contributed by atoms with E-state index < -0.39 is 11.6 Å². The van der Waals surface area contributed by atoms with Crippen molar-refractivity contribution in [2.45, 2.75) is 6.92 Å². The average Bonchev–Trinajstić information content (AvgIpc) is 2.25. The Morgan fingerprint density at radius 3 is 2.61 bits per heavy atom. The Morgan fingerprint density at radius 1 is 1.28 bits per heavy atom. The first-order valence-corrected chi connectivity index (χ1v) is 5.90. The van der Waals surface area contributed by atoms with Crippen LogP contribution in [0, 0.1) is 18.6 Å². The molecule has 2 aromatic rings. The highest BCUT2D eigenvalue weighted by Crippen LogP contribution is 2.30. The number of halogens is 3. The molecule has 0 amide bonds. The molecule has 0 saturated heterocycles. The number of pyridine rings is 1. The molecule has 0 aliphatic rings. The van der Waals surface area contributed by atoms with Crippen LogP contribution in [0.2, 0.25) is 0 Å². The molecule has 0 aliphatic carbocycles. The van der Waals surface area contributed by atoms with E-state index in [4.69, 9.17) is 5.73 Å². The number of hydrogen-bond acceptors (Lipinski definition) is 3. The number of anilines is 3. The van der Waals surface area contributed by atoms with E-state index in [0.717, 1.165) is 17.7 Å². The lowest BCUT2D eigenvalue weighted by Gasteiger charge is -2.11. The van der Waals surface area contributed by atoms with E-state index in [1.807, 2.05) is 6.92 Å². The Hall–Kier alpha value is -1.69. The fourth-order valence-electron chi connectivity index (χ4n) is 1.48. The number of aryl methyl sites for hydroxylation is 1. The molecule has 0 radical (unpaired) electrons. The van der Waals surface area contributed by atoms with E-state index >= 15 is 0 Å². The molecule has 1 aromatic carbocycles. The number of nitrogens with two attached hydrogens (primary N) is 1. The fraction of sp³-hybridized carbons (Fsp3) is 0.0833. The van der Waals surface area contributed by atoms with Crippen molar-refractivity contribution in [1.82, 2.24) is 4.98 Å². The quantitative estimate of drug-likeness (QED) is 0.887. The second-order valence-corrected chi connectivity index (χ2v) is 4.67. The van der Waals surface area contributed by atoms with Crippen molar-refractivity contribution in [2.75, 3.05) is 11.1 Å². The smallest absolute Gasteiger partial charge is 0.153 e. The molecule has 0 aliphatic heterocycles. The molecule has 1 aromatic heterocycles. The zero-order valence-electron chi connectivity index (χ0n) is 9.47. The minimum absolute atomic E-state index is 0.0967. The molecule has 6 heteroatoms. The summed E-state index contributed by atoms with van der Waals surface area (Å²) in [5.74, 6) is -1.05. The number of nitrogens with zero attached hydrogens (tertiary/aromatic N) is 1. The molecule has 2 rings (SSSR count). The molecule has 3 nitrogen and oxygen atoms in total. The summed E-state index contributed by atoms with van der Waals surface area (Å²) in [4.78, 5) is 4.06. The van der Waals surface area contributed by atoms with Crippen LogP contribution in [0.1, 0.15) is 5.56 Å². The van der Waals surface area contributed by atoms with Gasteiger partial charge in [0.25, 0.3) is 0 Å². The molecule has 3 N–H and O–H groups in total.